The summed E-state index contributed by atoms with van der Waals surface area (Å²) in [6, 6.07) is 24.3. The maximum atomic E-state index is 5.41. The molecule has 0 amide bonds. The zero-order valence-electron chi connectivity index (χ0n) is 16.3. The van der Waals surface area contributed by atoms with Crippen LogP contribution in [0.25, 0.3) is 10.2 Å². The van der Waals surface area contributed by atoms with Crippen molar-refractivity contribution in [2.75, 3.05) is 14.2 Å². The van der Waals surface area contributed by atoms with E-state index >= 15 is 0 Å². The molecule has 0 atom stereocenters. The van der Waals surface area contributed by atoms with Gasteiger partial charge in [0.25, 0.3) is 0 Å². The van der Waals surface area contributed by atoms with E-state index in [2.05, 4.69) is 51.2 Å². The standard InChI is InChI=1S/C23H21N3O2S/c1-27-19-12-13-21(28-2)18(14-19)15-24-25-23-26(16-17-8-4-3-5-9-17)20-10-6-7-11-22(20)29-23/h3-15H,16H2,1-2H3/b24-15-,25-23+. The third-order valence-electron chi connectivity index (χ3n) is 4.55. The molecule has 0 N–H and O–H groups in total. The first-order valence-corrected chi connectivity index (χ1v) is 10.0. The number of ether oxygens (including phenoxy) is 2. The Morgan fingerprint density at radius 2 is 1.72 bits per heavy atom. The summed E-state index contributed by atoms with van der Waals surface area (Å²) < 4.78 is 14.1. The lowest BCUT2D eigenvalue weighted by molar-refractivity contribution is 0.402. The highest BCUT2D eigenvalue weighted by molar-refractivity contribution is 7.16. The van der Waals surface area contributed by atoms with Crippen LogP contribution in [0.4, 0.5) is 0 Å². The van der Waals surface area contributed by atoms with Crippen molar-refractivity contribution in [3.8, 4) is 11.5 Å². The average molecular weight is 404 g/mol. The van der Waals surface area contributed by atoms with Crippen LogP contribution in [0, 0.1) is 0 Å². The summed E-state index contributed by atoms with van der Waals surface area (Å²) in [5.74, 6) is 1.46. The predicted molar refractivity (Wildman–Crippen MR) is 118 cm³/mol. The molecule has 5 nitrogen and oxygen atoms in total. The molecule has 29 heavy (non-hydrogen) atoms. The molecule has 0 aliphatic rings. The van der Waals surface area contributed by atoms with Gasteiger partial charge < -0.3 is 14.0 Å². The van der Waals surface area contributed by atoms with Gasteiger partial charge in [0, 0.05) is 5.56 Å². The summed E-state index contributed by atoms with van der Waals surface area (Å²) >= 11 is 1.62. The number of hydrogen-bond acceptors (Lipinski definition) is 5. The number of benzene rings is 3. The Hall–Kier alpha value is -3.38. The fourth-order valence-electron chi connectivity index (χ4n) is 3.10. The van der Waals surface area contributed by atoms with E-state index in [1.807, 2.05) is 36.4 Å². The van der Waals surface area contributed by atoms with Crippen LogP contribution >= 0.6 is 11.3 Å². The molecule has 4 rings (SSSR count). The molecular weight excluding hydrogens is 382 g/mol. The molecule has 6 heteroatoms. The summed E-state index contributed by atoms with van der Waals surface area (Å²) in [5, 5.41) is 8.87. The van der Waals surface area contributed by atoms with Crippen LogP contribution in [-0.2, 0) is 6.54 Å². The Kier molecular flexibility index (Phi) is 5.72. The fourth-order valence-corrected chi connectivity index (χ4v) is 4.08. The van der Waals surface area contributed by atoms with Crippen molar-refractivity contribution >= 4 is 27.8 Å². The number of para-hydroxylation sites is 1. The van der Waals surface area contributed by atoms with Crippen LogP contribution in [0.3, 0.4) is 0 Å². The topological polar surface area (TPSA) is 48.1 Å². The molecule has 0 aliphatic heterocycles. The maximum absolute atomic E-state index is 5.41. The number of nitrogens with zero attached hydrogens (tertiary/aromatic N) is 3. The highest BCUT2D eigenvalue weighted by Crippen LogP contribution is 2.22. The minimum Gasteiger partial charge on any atom is -0.497 e. The number of aromatic nitrogens is 1. The van der Waals surface area contributed by atoms with Gasteiger partial charge in [-0.05, 0) is 35.9 Å². The second-order valence-corrected chi connectivity index (χ2v) is 7.39. The van der Waals surface area contributed by atoms with Crippen molar-refractivity contribution in [1.29, 1.82) is 0 Å². The summed E-state index contributed by atoms with van der Waals surface area (Å²) in [6.07, 6.45) is 1.69. The van der Waals surface area contributed by atoms with Crippen molar-refractivity contribution in [2.45, 2.75) is 6.54 Å². The molecule has 0 aliphatic carbocycles. The van der Waals surface area contributed by atoms with Crippen LogP contribution < -0.4 is 14.3 Å². The lowest BCUT2D eigenvalue weighted by atomic mass is 10.2. The van der Waals surface area contributed by atoms with Gasteiger partial charge in [-0.2, -0.15) is 5.10 Å². The first-order chi connectivity index (χ1) is 14.3. The van der Waals surface area contributed by atoms with Crippen molar-refractivity contribution in [3.05, 3.63) is 88.7 Å². The monoisotopic (exact) mass is 403 g/mol. The number of methoxy groups -OCH3 is 2. The Bertz CT molecular complexity index is 1210. The molecule has 1 aromatic heterocycles. The normalized spacial score (nSPS) is 12.0. The van der Waals surface area contributed by atoms with Crippen LogP contribution in [0.2, 0.25) is 0 Å². The Morgan fingerprint density at radius 3 is 2.52 bits per heavy atom. The van der Waals surface area contributed by atoms with Gasteiger partial charge >= 0.3 is 0 Å². The van der Waals surface area contributed by atoms with E-state index in [-0.39, 0.29) is 0 Å². The quantitative estimate of drug-likeness (QED) is 0.346. The maximum Gasteiger partial charge on any atom is 0.211 e. The predicted octanol–water partition coefficient (Wildman–Crippen LogP) is 4.70. The SMILES string of the molecule is COc1ccc(OC)c(/C=N\N=c2\sc3ccccc3n2Cc2ccccc2)c1. The third kappa shape index (κ3) is 4.22. The van der Waals surface area contributed by atoms with Gasteiger partial charge in [-0.1, -0.05) is 53.8 Å². The number of fused-ring (bicyclic) bond motifs is 1. The van der Waals surface area contributed by atoms with Crippen LogP contribution in [0.15, 0.2) is 83.0 Å². The lowest BCUT2D eigenvalue weighted by Gasteiger charge is -2.06. The van der Waals surface area contributed by atoms with Gasteiger partial charge in [0.05, 0.1) is 37.2 Å². The summed E-state index contributed by atoms with van der Waals surface area (Å²) in [7, 11) is 3.27. The van der Waals surface area contributed by atoms with E-state index in [1.165, 1.54) is 10.3 Å². The van der Waals surface area contributed by atoms with E-state index in [0.29, 0.717) is 0 Å². The summed E-state index contributed by atoms with van der Waals surface area (Å²) in [6.45, 7) is 0.738. The fraction of sp³-hybridized carbons (Fsp3) is 0.130. The molecule has 0 fully saturated rings. The van der Waals surface area contributed by atoms with Gasteiger partial charge in [-0.15, -0.1) is 5.10 Å². The van der Waals surface area contributed by atoms with Crippen molar-refractivity contribution in [2.24, 2.45) is 10.2 Å². The molecule has 0 saturated carbocycles. The molecule has 0 spiro atoms. The molecule has 0 radical (unpaired) electrons. The van der Waals surface area contributed by atoms with E-state index in [9.17, 15) is 0 Å². The lowest BCUT2D eigenvalue weighted by Crippen LogP contribution is -2.15. The largest absolute Gasteiger partial charge is 0.497 e. The van der Waals surface area contributed by atoms with E-state index in [1.54, 1.807) is 31.8 Å². The number of hydrogen-bond donors (Lipinski definition) is 0. The van der Waals surface area contributed by atoms with Crippen molar-refractivity contribution in [1.82, 2.24) is 4.57 Å². The minimum absolute atomic E-state index is 0.721. The second-order valence-electron chi connectivity index (χ2n) is 6.38. The molecule has 4 aromatic rings. The zero-order valence-corrected chi connectivity index (χ0v) is 17.1. The summed E-state index contributed by atoms with van der Waals surface area (Å²) in [5.41, 5.74) is 3.18. The highest BCUT2D eigenvalue weighted by Gasteiger charge is 2.07. The van der Waals surface area contributed by atoms with Gasteiger partial charge in [0.1, 0.15) is 11.5 Å². The molecule has 1 heterocycles. The Balaban J connectivity index is 1.75. The third-order valence-corrected chi connectivity index (χ3v) is 5.60. The van der Waals surface area contributed by atoms with Gasteiger partial charge in [0.2, 0.25) is 4.80 Å². The van der Waals surface area contributed by atoms with Gasteiger partial charge in [0.15, 0.2) is 0 Å². The minimum atomic E-state index is 0.721. The first-order valence-electron chi connectivity index (χ1n) is 9.20. The highest BCUT2D eigenvalue weighted by atomic mass is 32.1. The Labute approximate surface area is 173 Å². The van der Waals surface area contributed by atoms with Crippen molar-refractivity contribution < 1.29 is 9.47 Å². The van der Waals surface area contributed by atoms with E-state index in [0.717, 1.165) is 33.9 Å². The van der Waals surface area contributed by atoms with Crippen LogP contribution in [-0.4, -0.2) is 25.0 Å². The second kappa shape index (κ2) is 8.75. The van der Waals surface area contributed by atoms with Gasteiger partial charge in [-0.25, -0.2) is 0 Å². The smallest absolute Gasteiger partial charge is 0.211 e. The van der Waals surface area contributed by atoms with E-state index in [4.69, 9.17) is 9.47 Å². The van der Waals surface area contributed by atoms with Crippen LogP contribution in [0.5, 0.6) is 11.5 Å². The average Bonchev–Trinajstić information content (AvgIpc) is 3.11. The molecule has 0 unspecified atom stereocenters. The van der Waals surface area contributed by atoms with Gasteiger partial charge in [-0.3, -0.25) is 0 Å². The molecule has 0 bridgehead atoms. The molecule has 146 valence electrons. The van der Waals surface area contributed by atoms with E-state index < -0.39 is 0 Å². The molecular formula is C23H21N3O2S. The first kappa shape index (κ1) is 19.0. The molecule has 3 aromatic carbocycles. The zero-order chi connectivity index (χ0) is 20.1. The molecule has 0 saturated heterocycles. The summed E-state index contributed by atoms with van der Waals surface area (Å²) in [4.78, 5) is 0.841. The van der Waals surface area contributed by atoms with Crippen molar-refractivity contribution in [3.63, 3.8) is 0 Å². The number of rotatable bonds is 6. The Morgan fingerprint density at radius 1 is 0.931 bits per heavy atom. The number of thiazole rings is 1. The van der Waals surface area contributed by atoms with Crippen LogP contribution in [0.1, 0.15) is 11.1 Å².